The van der Waals surface area contributed by atoms with E-state index >= 15 is 0 Å². The molecule has 2 heterocycles. The van der Waals surface area contributed by atoms with E-state index in [0.717, 1.165) is 13.1 Å². The molecule has 0 aliphatic carbocycles. The molecule has 2 unspecified atom stereocenters. The average molecular weight is 153 g/mol. The lowest BCUT2D eigenvalue weighted by Crippen LogP contribution is -2.41. The second-order valence-electron chi connectivity index (χ2n) is 3.60. The maximum Gasteiger partial charge on any atom is 0.0755 e. The maximum absolute atomic E-state index is 5.69. The minimum absolute atomic E-state index is 0.491. The summed E-state index contributed by atoms with van der Waals surface area (Å²) < 4.78 is 5.69. The van der Waals surface area contributed by atoms with E-state index in [1.807, 2.05) is 0 Å². The van der Waals surface area contributed by atoms with Gasteiger partial charge >= 0.3 is 0 Å². The van der Waals surface area contributed by atoms with Crippen molar-refractivity contribution in [2.24, 2.45) is 0 Å². The Labute approximate surface area is 67.8 Å². The van der Waals surface area contributed by atoms with Crippen LogP contribution in [0.15, 0.2) is 12.3 Å². The van der Waals surface area contributed by atoms with Crippen molar-refractivity contribution >= 4 is 0 Å². The number of hydrogen-bond acceptors (Lipinski definition) is 2. The van der Waals surface area contributed by atoms with E-state index in [-0.39, 0.29) is 0 Å². The van der Waals surface area contributed by atoms with Gasteiger partial charge in [0.25, 0.3) is 0 Å². The highest BCUT2D eigenvalue weighted by atomic mass is 16.5. The van der Waals surface area contributed by atoms with Crippen molar-refractivity contribution in [3.63, 3.8) is 0 Å². The molecule has 62 valence electrons. The van der Waals surface area contributed by atoms with Crippen LogP contribution in [0.1, 0.15) is 19.8 Å². The van der Waals surface area contributed by atoms with Crippen molar-refractivity contribution in [3.05, 3.63) is 12.3 Å². The Morgan fingerprint density at radius 2 is 1.91 bits per heavy atom. The van der Waals surface area contributed by atoms with E-state index in [9.17, 15) is 0 Å². The van der Waals surface area contributed by atoms with Gasteiger partial charge in [0.15, 0.2) is 0 Å². The van der Waals surface area contributed by atoms with Gasteiger partial charge in [-0.3, -0.25) is 0 Å². The van der Waals surface area contributed by atoms with E-state index < -0.39 is 0 Å². The van der Waals surface area contributed by atoms with Gasteiger partial charge in [0.1, 0.15) is 0 Å². The molecule has 2 rings (SSSR count). The van der Waals surface area contributed by atoms with E-state index in [0.29, 0.717) is 12.2 Å². The summed E-state index contributed by atoms with van der Waals surface area (Å²) in [5.41, 5.74) is 1.19. The number of nitrogens with zero attached hydrogens (tertiary/aromatic N) is 1. The Kier molecular flexibility index (Phi) is 1.64. The fourth-order valence-electron chi connectivity index (χ4n) is 1.93. The molecule has 11 heavy (non-hydrogen) atoms. The summed E-state index contributed by atoms with van der Waals surface area (Å²) in [4.78, 5) is 2.34. The molecule has 2 heteroatoms. The van der Waals surface area contributed by atoms with Crippen LogP contribution in [-0.2, 0) is 4.74 Å². The Morgan fingerprint density at radius 1 is 1.36 bits per heavy atom. The number of likely N-dealkylation sites (tertiary alicyclic amines) is 1. The zero-order valence-corrected chi connectivity index (χ0v) is 7.05. The molecule has 2 nitrogen and oxygen atoms in total. The van der Waals surface area contributed by atoms with Gasteiger partial charge in [-0.05, 0) is 19.8 Å². The predicted molar refractivity (Wildman–Crippen MR) is 44.3 cm³/mol. The lowest BCUT2D eigenvalue weighted by Gasteiger charge is -2.33. The van der Waals surface area contributed by atoms with Crippen LogP contribution >= 0.6 is 0 Å². The SMILES string of the molecule is C=C(C)N1CC2CCC(C1)O2. The van der Waals surface area contributed by atoms with Crippen LogP contribution in [0.5, 0.6) is 0 Å². The Hall–Kier alpha value is -0.500. The molecular formula is C9H15NO. The molecule has 0 amide bonds. The molecule has 0 aromatic rings. The summed E-state index contributed by atoms with van der Waals surface area (Å²) in [7, 11) is 0. The highest BCUT2D eigenvalue weighted by Crippen LogP contribution is 2.27. The molecule has 2 fully saturated rings. The molecular weight excluding hydrogens is 138 g/mol. The number of rotatable bonds is 1. The first-order valence-electron chi connectivity index (χ1n) is 4.31. The first-order chi connectivity index (χ1) is 5.25. The topological polar surface area (TPSA) is 12.5 Å². The normalized spacial score (nSPS) is 35.9. The van der Waals surface area contributed by atoms with Crippen LogP contribution in [0.25, 0.3) is 0 Å². The van der Waals surface area contributed by atoms with Gasteiger partial charge in [-0.15, -0.1) is 0 Å². The molecule has 0 aromatic heterocycles. The van der Waals surface area contributed by atoms with Crippen LogP contribution in [0.4, 0.5) is 0 Å². The largest absolute Gasteiger partial charge is 0.371 e. The first kappa shape index (κ1) is 7.17. The molecule has 0 radical (unpaired) electrons. The summed E-state index contributed by atoms with van der Waals surface area (Å²) in [5.74, 6) is 0. The van der Waals surface area contributed by atoms with Crippen molar-refractivity contribution in [2.75, 3.05) is 13.1 Å². The number of allylic oxidation sites excluding steroid dienone is 1. The summed E-state index contributed by atoms with van der Waals surface area (Å²) in [6.07, 6.45) is 3.47. The van der Waals surface area contributed by atoms with Gasteiger partial charge in [-0.1, -0.05) is 6.58 Å². The van der Waals surface area contributed by atoms with Crippen molar-refractivity contribution in [1.82, 2.24) is 4.90 Å². The molecule has 2 bridgehead atoms. The highest BCUT2D eigenvalue weighted by Gasteiger charge is 2.33. The number of ether oxygens (including phenoxy) is 1. The third kappa shape index (κ3) is 1.27. The molecule has 2 saturated heterocycles. The minimum Gasteiger partial charge on any atom is -0.371 e. The number of hydrogen-bond donors (Lipinski definition) is 0. The fraction of sp³-hybridized carbons (Fsp3) is 0.778. The monoisotopic (exact) mass is 153 g/mol. The first-order valence-corrected chi connectivity index (χ1v) is 4.31. The summed E-state index contributed by atoms with van der Waals surface area (Å²) >= 11 is 0. The molecule has 2 atom stereocenters. The standard InChI is InChI=1S/C9H15NO/c1-7(2)10-5-8-3-4-9(6-10)11-8/h8-9H,1,3-6H2,2H3. The molecule has 0 N–H and O–H groups in total. The van der Waals surface area contributed by atoms with E-state index in [1.165, 1.54) is 18.5 Å². The van der Waals surface area contributed by atoms with Crippen molar-refractivity contribution < 1.29 is 4.74 Å². The Balaban J connectivity index is 2.02. The van der Waals surface area contributed by atoms with Gasteiger partial charge in [0, 0.05) is 18.8 Å². The lowest BCUT2D eigenvalue weighted by molar-refractivity contribution is -0.0264. The summed E-state index contributed by atoms with van der Waals surface area (Å²) in [6, 6.07) is 0. The van der Waals surface area contributed by atoms with Crippen LogP contribution in [0.3, 0.4) is 0 Å². The minimum atomic E-state index is 0.491. The van der Waals surface area contributed by atoms with Crippen LogP contribution in [-0.4, -0.2) is 30.2 Å². The Bertz CT molecular complexity index is 166. The van der Waals surface area contributed by atoms with Gasteiger partial charge in [-0.2, -0.15) is 0 Å². The molecule has 2 aliphatic heterocycles. The van der Waals surface area contributed by atoms with Crippen molar-refractivity contribution in [1.29, 1.82) is 0 Å². The number of fused-ring (bicyclic) bond motifs is 2. The molecule has 0 spiro atoms. The average Bonchev–Trinajstić information content (AvgIpc) is 2.30. The smallest absolute Gasteiger partial charge is 0.0755 e. The lowest BCUT2D eigenvalue weighted by atomic mass is 10.2. The fourth-order valence-corrected chi connectivity index (χ4v) is 1.93. The predicted octanol–water partition coefficient (Wildman–Crippen LogP) is 1.38. The third-order valence-electron chi connectivity index (χ3n) is 2.58. The second kappa shape index (κ2) is 2.52. The van der Waals surface area contributed by atoms with Crippen molar-refractivity contribution in [2.45, 2.75) is 32.0 Å². The van der Waals surface area contributed by atoms with Gasteiger partial charge in [0.05, 0.1) is 12.2 Å². The summed E-state index contributed by atoms with van der Waals surface area (Å²) in [6.45, 7) is 8.14. The highest BCUT2D eigenvalue weighted by molar-refractivity contribution is 4.96. The summed E-state index contributed by atoms with van der Waals surface area (Å²) in [5, 5.41) is 0. The Morgan fingerprint density at radius 3 is 2.36 bits per heavy atom. The van der Waals surface area contributed by atoms with E-state index in [1.54, 1.807) is 0 Å². The molecule has 0 saturated carbocycles. The zero-order valence-electron chi connectivity index (χ0n) is 7.05. The molecule has 2 aliphatic rings. The van der Waals surface area contributed by atoms with Gasteiger partial charge in [-0.25, -0.2) is 0 Å². The van der Waals surface area contributed by atoms with Gasteiger partial charge in [0.2, 0.25) is 0 Å². The van der Waals surface area contributed by atoms with E-state index in [2.05, 4.69) is 18.4 Å². The van der Waals surface area contributed by atoms with E-state index in [4.69, 9.17) is 4.74 Å². The van der Waals surface area contributed by atoms with Crippen LogP contribution < -0.4 is 0 Å². The number of morpholine rings is 1. The van der Waals surface area contributed by atoms with Crippen molar-refractivity contribution in [3.8, 4) is 0 Å². The quantitative estimate of drug-likeness (QED) is 0.564. The maximum atomic E-state index is 5.69. The second-order valence-corrected chi connectivity index (χ2v) is 3.60. The van der Waals surface area contributed by atoms with Gasteiger partial charge < -0.3 is 9.64 Å². The molecule has 0 aromatic carbocycles. The van der Waals surface area contributed by atoms with Crippen LogP contribution in [0, 0.1) is 0 Å². The zero-order chi connectivity index (χ0) is 7.84. The van der Waals surface area contributed by atoms with Crippen LogP contribution in [0.2, 0.25) is 0 Å². The third-order valence-corrected chi connectivity index (χ3v) is 2.58.